The molecule has 0 unspecified atom stereocenters. The van der Waals surface area contributed by atoms with Crippen LogP contribution in [-0.4, -0.2) is 44.6 Å². The number of benzene rings is 1. The average Bonchev–Trinajstić information content (AvgIpc) is 3.26. The van der Waals surface area contributed by atoms with Crippen molar-refractivity contribution in [3.63, 3.8) is 0 Å². The largest absolute Gasteiger partial charge is 0.395 e. The van der Waals surface area contributed by atoms with Crippen molar-refractivity contribution in [3.8, 4) is 0 Å². The van der Waals surface area contributed by atoms with Gasteiger partial charge in [0.2, 0.25) is 0 Å². The van der Waals surface area contributed by atoms with Crippen LogP contribution >= 0.6 is 11.6 Å². The van der Waals surface area contributed by atoms with Gasteiger partial charge in [0, 0.05) is 43.5 Å². The average molecular weight is 299 g/mol. The van der Waals surface area contributed by atoms with Gasteiger partial charge < -0.3 is 20.1 Å². The van der Waals surface area contributed by atoms with Crippen LogP contribution in [0.15, 0.2) is 18.2 Å². The van der Waals surface area contributed by atoms with Gasteiger partial charge in [0.1, 0.15) is 0 Å². The fourth-order valence-electron chi connectivity index (χ4n) is 2.11. The van der Waals surface area contributed by atoms with Gasteiger partial charge in [-0.2, -0.15) is 0 Å². The summed E-state index contributed by atoms with van der Waals surface area (Å²) in [5.41, 5.74) is 2.15. The van der Waals surface area contributed by atoms with Gasteiger partial charge in [-0.15, -0.1) is 0 Å². The molecular formula is C15H23ClN2O2. The third-order valence-electron chi connectivity index (χ3n) is 3.50. The Labute approximate surface area is 125 Å². The zero-order valence-electron chi connectivity index (χ0n) is 11.9. The second-order valence-electron chi connectivity index (χ2n) is 5.13. The predicted octanol–water partition coefficient (Wildman–Crippen LogP) is 2.04. The van der Waals surface area contributed by atoms with E-state index in [1.165, 1.54) is 12.8 Å². The summed E-state index contributed by atoms with van der Waals surface area (Å²) in [7, 11) is 1.68. The number of nitrogens with one attached hydrogen (secondary N) is 1. The molecule has 1 saturated carbocycles. The molecule has 1 aromatic rings. The van der Waals surface area contributed by atoms with Crippen molar-refractivity contribution < 1.29 is 9.84 Å². The number of anilines is 1. The van der Waals surface area contributed by atoms with Crippen molar-refractivity contribution in [1.82, 2.24) is 5.32 Å². The first-order valence-corrected chi connectivity index (χ1v) is 7.49. The zero-order valence-corrected chi connectivity index (χ0v) is 12.7. The Morgan fingerprint density at radius 1 is 1.40 bits per heavy atom. The minimum Gasteiger partial charge on any atom is -0.395 e. The first kappa shape index (κ1) is 15.6. The molecule has 2 N–H and O–H groups in total. The molecule has 0 spiro atoms. The van der Waals surface area contributed by atoms with E-state index in [9.17, 15) is 0 Å². The highest BCUT2D eigenvalue weighted by Crippen LogP contribution is 2.25. The normalized spacial score (nSPS) is 14.6. The van der Waals surface area contributed by atoms with Crippen molar-refractivity contribution in [2.24, 2.45) is 0 Å². The minimum atomic E-state index is 0.117. The van der Waals surface area contributed by atoms with E-state index < -0.39 is 0 Å². The van der Waals surface area contributed by atoms with E-state index in [1.807, 2.05) is 6.07 Å². The van der Waals surface area contributed by atoms with E-state index in [1.54, 1.807) is 7.11 Å². The molecule has 0 aliphatic heterocycles. The molecule has 0 radical (unpaired) electrons. The van der Waals surface area contributed by atoms with Crippen LogP contribution in [-0.2, 0) is 11.3 Å². The van der Waals surface area contributed by atoms with Crippen molar-refractivity contribution in [1.29, 1.82) is 0 Å². The number of halogens is 1. The van der Waals surface area contributed by atoms with Crippen molar-refractivity contribution in [2.45, 2.75) is 25.4 Å². The van der Waals surface area contributed by atoms with E-state index in [0.717, 1.165) is 29.4 Å². The zero-order chi connectivity index (χ0) is 14.4. The number of ether oxygens (including phenoxy) is 1. The molecular weight excluding hydrogens is 276 g/mol. The molecule has 1 fully saturated rings. The highest BCUT2D eigenvalue weighted by Gasteiger charge is 2.20. The molecule has 5 heteroatoms. The number of nitrogens with zero attached hydrogens (tertiary/aromatic N) is 1. The van der Waals surface area contributed by atoms with Crippen LogP contribution in [0.4, 0.5) is 5.69 Å². The van der Waals surface area contributed by atoms with Gasteiger partial charge in [0.25, 0.3) is 0 Å². The summed E-state index contributed by atoms with van der Waals surface area (Å²) in [6.07, 6.45) is 2.55. The van der Waals surface area contributed by atoms with Gasteiger partial charge in [-0.1, -0.05) is 17.7 Å². The van der Waals surface area contributed by atoms with Crippen molar-refractivity contribution >= 4 is 17.3 Å². The molecule has 2 rings (SSSR count). The maximum atomic E-state index is 9.15. The Bertz CT molecular complexity index is 424. The Morgan fingerprint density at radius 3 is 2.80 bits per heavy atom. The predicted molar refractivity (Wildman–Crippen MR) is 82.5 cm³/mol. The molecule has 0 bridgehead atoms. The topological polar surface area (TPSA) is 44.7 Å². The maximum absolute atomic E-state index is 9.15. The first-order valence-electron chi connectivity index (χ1n) is 7.11. The summed E-state index contributed by atoms with van der Waals surface area (Å²) in [6, 6.07) is 6.76. The molecule has 0 atom stereocenters. The smallest absolute Gasteiger partial charge is 0.0637 e. The molecule has 20 heavy (non-hydrogen) atoms. The van der Waals surface area contributed by atoms with Gasteiger partial charge >= 0.3 is 0 Å². The fraction of sp³-hybridized carbons (Fsp3) is 0.600. The van der Waals surface area contributed by atoms with Crippen molar-refractivity contribution in [3.05, 3.63) is 28.8 Å². The van der Waals surface area contributed by atoms with Crippen LogP contribution in [0.2, 0.25) is 5.02 Å². The van der Waals surface area contributed by atoms with Gasteiger partial charge in [-0.05, 0) is 30.5 Å². The van der Waals surface area contributed by atoms with Crippen LogP contribution in [0.3, 0.4) is 0 Å². The van der Waals surface area contributed by atoms with Crippen LogP contribution < -0.4 is 10.2 Å². The van der Waals surface area contributed by atoms with E-state index in [-0.39, 0.29) is 6.61 Å². The van der Waals surface area contributed by atoms with Crippen LogP contribution in [0.5, 0.6) is 0 Å². The first-order chi connectivity index (χ1) is 9.74. The third-order valence-corrected chi connectivity index (χ3v) is 3.85. The summed E-state index contributed by atoms with van der Waals surface area (Å²) < 4.78 is 5.10. The van der Waals surface area contributed by atoms with Crippen LogP contribution in [0.25, 0.3) is 0 Å². The lowest BCUT2D eigenvalue weighted by atomic mass is 10.2. The number of hydrogen-bond donors (Lipinski definition) is 2. The molecule has 1 aromatic carbocycles. The second kappa shape index (κ2) is 7.84. The van der Waals surface area contributed by atoms with Crippen LogP contribution in [0.1, 0.15) is 18.4 Å². The van der Waals surface area contributed by atoms with E-state index in [2.05, 4.69) is 22.3 Å². The fourth-order valence-corrected chi connectivity index (χ4v) is 2.35. The second-order valence-corrected chi connectivity index (χ2v) is 5.54. The maximum Gasteiger partial charge on any atom is 0.0637 e. The summed E-state index contributed by atoms with van der Waals surface area (Å²) in [6.45, 7) is 2.89. The minimum absolute atomic E-state index is 0.117. The Kier molecular flexibility index (Phi) is 6.10. The summed E-state index contributed by atoms with van der Waals surface area (Å²) in [5, 5.41) is 13.4. The standard InChI is InChI=1S/C15H23ClN2O2/c1-20-9-7-18(6-8-19)14-5-2-12(15(16)10-14)11-17-13-3-4-13/h2,5,10,13,17,19H,3-4,6-9,11H2,1H3. The Morgan fingerprint density at radius 2 is 2.20 bits per heavy atom. The summed E-state index contributed by atoms with van der Waals surface area (Å²) in [4.78, 5) is 2.08. The van der Waals surface area contributed by atoms with Gasteiger partial charge in [0.05, 0.1) is 13.2 Å². The SMILES string of the molecule is COCCN(CCO)c1ccc(CNC2CC2)c(Cl)c1. The number of aliphatic hydroxyl groups is 1. The Hall–Kier alpha value is -0.810. The van der Waals surface area contributed by atoms with Gasteiger partial charge in [-0.3, -0.25) is 0 Å². The molecule has 0 aromatic heterocycles. The molecule has 0 heterocycles. The summed E-state index contributed by atoms with van der Waals surface area (Å²) >= 11 is 6.35. The van der Waals surface area contributed by atoms with Crippen molar-refractivity contribution in [2.75, 3.05) is 38.3 Å². The molecule has 0 saturated heterocycles. The lowest BCUT2D eigenvalue weighted by Gasteiger charge is -2.24. The van der Waals surface area contributed by atoms with Crippen LogP contribution in [0, 0.1) is 0 Å². The molecule has 112 valence electrons. The number of methoxy groups -OCH3 is 1. The highest BCUT2D eigenvalue weighted by atomic mass is 35.5. The van der Waals surface area contributed by atoms with Gasteiger partial charge in [-0.25, -0.2) is 0 Å². The van der Waals surface area contributed by atoms with E-state index in [4.69, 9.17) is 21.4 Å². The molecule has 0 amide bonds. The molecule has 1 aliphatic carbocycles. The monoisotopic (exact) mass is 298 g/mol. The number of aliphatic hydroxyl groups excluding tert-OH is 1. The lowest BCUT2D eigenvalue weighted by Crippen LogP contribution is -2.30. The Balaban J connectivity index is 2.00. The summed E-state index contributed by atoms with van der Waals surface area (Å²) in [5.74, 6) is 0. The number of rotatable bonds is 9. The molecule has 1 aliphatic rings. The van der Waals surface area contributed by atoms with Gasteiger partial charge in [0.15, 0.2) is 0 Å². The molecule has 4 nitrogen and oxygen atoms in total. The quantitative estimate of drug-likeness (QED) is 0.732. The van der Waals surface area contributed by atoms with E-state index >= 15 is 0 Å². The third kappa shape index (κ3) is 4.63. The highest BCUT2D eigenvalue weighted by molar-refractivity contribution is 6.31. The van der Waals surface area contributed by atoms with E-state index in [0.29, 0.717) is 19.2 Å². The lowest BCUT2D eigenvalue weighted by molar-refractivity contribution is 0.203. The number of hydrogen-bond acceptors (Lipinski definition) is 4.